The minimum absolute atomic E-state index is 0.0167. The zero-order valence-electron chi connectivity index (χ0n) is 17.5. The Kier molecular flexibility index (Phi) is 7.94. The fourth-order valence-electron chi connectivity index (χ4n) is 3.46. The summed E-state index contributed by atoms with van der Waals surface area (Å²) in [6.45, 7) is 10.2. The van der Waals surface area contributed by atoms with Crippen LogP contribution in [0.15, 0.2) is 35.5 Å². The second-order valence-corrected chi connectivity index (χ2v) is 8.52. The lowest BCUT2D eigenvalue weighted by Crippen LogP contribution is -2.38. The fourth-order valence-corrected chi connectivity index (χ4v) is 4.27. The van der Waals surface area contributed by atoms with E-state index in [1.54, 1.807) is 0 Å². The highest BCUT2D eigenvalue weighted by molar-refractivity contribution is 7.99. The van der Waals surface area contributed by atoms with E-state index in [2.05, 4.69) is 57.9 Å². The molecule has 29 heavy (non-hydrogen) atoms. The van der Waals surface area contributed by atoms with E-state index in [1.165, 1.54) is 11.8 Å². The SMILES string of the molecule is CCn1c(SCC(=O)N[C@@H](CC(C)C)c2ccccc2)nnc1N1CCOCC1. The number of nitrogens with zero attached hydrogens (tertiary/aromatic N) is 4. The lowest BCUT2D eigenvalue weighted by molar-refractivity contribution is -0.119. The number of thioether (sulfide) groups is 1. The standard InChI is InChI=1S/C21H31N5O2S/c1-4-26-20(25-10-12-28-13-11-25)23-24-21(26)29-15-19(27)22-18(14-16(2)3)17-8-6-5-7-9-17/h5-9,16,18H,4,10-15H2,1-3H3,(H,22,27)/t18-/m0/s1. The molecule has 0 saturated carbocycles. The number of carbonyl (C=O) groups excluding carboxylic acids is 1. The van der Waals surface area contributed by atoms with Gasteiger partial charge in [0.15, 0.2) is 5.16 Å². The monoisotopic (exact) mass is 417 g/mol. The van der Waals surface area contributed by atoms with Crippen molar-refractivity contribution in [1.29, 1.82) is 0 Å². The predicted octanol–water partition coefficient (Wildman–Crippen LogP) is 3.13. The Labute approximate surface area is 177 Å². The van der Waals surface area contributed by atoms with Crippen molar-refractivity contribution in [1.82, 2.24) is 20.1 Å². The first kappa shape index (κ1) is 21.6. The molecule has 2 aromatic rings. The average Bonchev–Trinajstić information content (AvgIpc) is 3.15. The van der Waals surface area contributed by atoms with Gasteiger partial charge in [-0.2, -0.15) is 0 Å². The van der Waals surface area contributed by atoms with Crippen molar-refractivity contribution >= 4 is 23.6 Å². The topological polar surface area (TPSA) is 72.3 Å². The molecule has 1 atom stereocenters. The Morgan fingerprint density at radius 3 is 2.59 bits per heavy atom. The molecule has 0 bridgehead atoms. The van der Waals surface area contributed by atoms with Gasteiger partial charge in [-0.15, -0.1) is 10.2 Å². The summed E-state index contributed by atoms with van der Waals surface area (Å²) in [4.78, 5) is 14.9. The first-order valence-electron chi connectivity index (χ1n) is 10.3. The smallest absolute Gasteiger partial charge is 0.230 e. The third kappa shape index (κ3) is 5.96. The van der Waals surface area contributed by atoms with E-state index in [-0.39, 0.29) is 11.9 Å². The summed E-state index contributed by atoms with van der Waals surface area (Å²) < 4.78 is 7.50. The van der Waals surface area contributed by atoms with Crippen LogP contribution in [0.5, 0.6) is 0 Å². The molecule has 0 unspecified atom stereocenters. The molecule has 1 aromatic heterocycles. The molecule has 158 valence electrons. The quantitative estimate of drug-likeness (QED) is 0.632. The summed E-state index contributed by atoms with van der Waals surface area (Å²) in [5, 5.41) is 12.7. The van der Waals surface area contributed by atoms with Gasteiger partial charge >= 0.3 is 0 Å². The summed E-state index contributed by atoms with van der Waals surface area (Å²) in [6, 6.07) is 10.2. The van der Waals surface area contributed by atoms with Gasteiger partial charge in [0.25, 0.3) is 0 Å². The van der Waals surface area contributed by atoms with Crippen LogP contribution in [0.2, 0.25) is 0 Å². The maximum atomic E-state index is 12.7. The van der Waals surface area contributed by atoms with Gasteiger partial charge < -0.3 is 15.0 Å². The minimum Gasteiger partial charge on any atom is -0.378 e. The van der Waals surface area contributed by atoms with Gasteiger partial charge in [-0.05, 0) is 24.8 Å². The number of ether oxygens (including phenoxy) is 1. The van der Waals surface area contributed by atoms with Crippen LogP contribution in [0.25, 0.3) is 0 Å². The number of amides is 1. The highest BCUT2D eigenvalue weighted by Gasteiger charge is 2.21. The summed E-state index contributed by atoms with van der Waals surface area (Å²) in [6.07, 6.45) is 0.909. The van der Waals surface area contributed by atoms with Crippen LogP contribution >= 0.6 is 11.8 Å². The van der Waals surface area contributed by atoms with Crippen molar-refractivity contribution in [2.75, 3.05) is 37.0 Å². The van der Waals surface area contributed by atoms with Crippen LogP contribution in [0.1, 0.15) is 38.8 Å². The van der Waals surface area contributed by atoms with Gasteiger partial charge in [0, 0.05) is 19.6 Å². The Morgan fingerprint density at radius 2 is 1.93 bits per heavy atom. The van der Waals surface area contributed by atoms with Crippen molar-refractivity contribution in [3.63, 3.8) is 0 Å². The molecular formula is C21H31N5O2S. The molecular weight excluding hydrogens is 386 g/mol. The van der Waals surface area contributed by atoms with Crippen LogP contribution in [0, 0.1) is 5.92 Å². The van der Waals surface area contributed by atoms with Gasteiger partial charge in [-0.3, -0.25) is 9.36 Å². The molecule has 1 N–H and O–H groups in total. The maximum Gasteiger partial charge on any atom is 0.230 e. The third-order valence-electron chi connectivity index (χ3n) is 4.88. The first-order valence-corrected chi connectivity index (χ1v) is 11.3. The van der Waals surface area contributed by atoms with Crippen LogP contribution in [0.3, 0.4) is 0 Å². The summed E-state index contributed by atoms with van der Waals surface area (Å²) >= 11 is 1.44. The zero-order valence-corrected chi connectivity index (χ0v) is 18.3. The molecule has 1 aromatic carbocycles. The zero-order chi connectivity index (χ0) is 20.6. The largest absolute Gasteiger partial charge is 0.378 e. The molecule has 1 aliphatic rings. The molecule has 1 fully saturated rings. The number of hydrogen-bond donors (Lipinski definition) is 1. The number of aromatic nitrogens is 3. The van der Waals surface area contributed by atoms with E-state index in [9.17, 15) is 4.79 Å². The van der Waals surface area contributed by atoms with Crippen LogP contribution in [0.4, 0.5) is 5.95 Å². The number of rotatable bonds is 9. The first-order chi connectivity index (χ1) is 14.1. The van der Waals surface area contributed by atoms with Gasteiger partial charge in [-0.1, -0.05) is 55.9 Å². The number of anilines is 1. The van der Waals surface area contributed by atoms with Crippen molar-refractivity contribution in [3.8, 4) is 0 Å². The van der Waals surface area contributed by atoms with Crippen LogP contribution in [-0.4, -0.2) is 52.7 Å². The summed E-state index contributed by atoms with van der Waals surface area (Å²) in [5.41, 5.74) is 1.14. The Morgan fingerprint density at radius 1 is 1.21 bits per heavy atom. The molecule has 0 aliphatic carbocycles. The number of hydrogen-bond acceptors (Lipinski definition) is 6. The third-order valence-corrected chi connectivity index (χ3v) is 5.85. The number of carbonyl (C=O) groups is 1. The molecule has 2 heterocycles. The molecule has 1 saturated heterocycles. The van der Waals surface area contributed by atoms with Crippen molar-refractivity contribution in [3.05, 3.63) is 35.9 Å². The molecule has 0 spiro atoms. The van der Waals surface area contributed by atoms with E-state index < -0.39 is 0 Å². The highest BCUT2D eigenvalue weighted by atomic mass is 32.2. The van der Waals surface area contributed by atoms with Gasteiger partial charge in [0.2, 0.25) is 11.9 Å². The maximum absolute atomic E-state index is 12.7. The normalized spacial score (nSPS) is 15.5. The number of nitrogens with one attached hydrogen (secondary N) is 1. The average molecular weight is 418 g/mol. The van der Waals surface area contributed by atoms with Crippen molar-refractivity contribution < 1.29 is 9.53 Å². The molecule has 0 radical (unpaired) electrons. The fraction of sp³-hybridized carbons (Fsp3) is 0.571. The highest BCUT2D eigenvalue weighted by Crippen LogP contribution is 2.24. The molecule has 8 heteroatoms. The van der Waals surface area contributed by atoms with Gasteiger partial charge in [0.05, 0.1) is 25.0 Å². The second-order valence-electron chi connectivity index (χ2n) is 7.58. The Bertz CT molecular complexity index is 775. The van der Waals surface area contributed by atoms with E-state index >= 15 is 0 Å². The Hall–Kier alpha value is -2.06. The second kappa shape index (κ2) is 10.6. The summed E-state index contributed by atoms with van der Waals surface area (Å²) in [7, 11) is 0. The van der Waals surface area contributed by atoms with Crippen molar-refractivity contribution in [2.45, 2.75) is 44.9 Å². The van der Waals surface area contributed by atoms with Crippen molar-refractivity contribution in [2.24, 2.45) is 5.92 Å². The lowest BCUT2D eigenvalue weighted by atomic mass is 9.97. The van der Waals surface area contributed by atoms with Gasteiger partial charge in [0.1, 0.15) is 0 Å². The molecule has 1 amide bonds. The Balaban J connectivity index is 1.61. The molecule has 7 nitrogen and oxygen atoms in total. The predicted molar refractivity (Wildman–Crippen MR) is 116 cm³/mol. The molecule has 3 rings (SSSR count). The van der Waals surface area contributed by atoms with Crippen LogP contribution < -0.4 is 10.2 Å². The molecule has 1 aliphatic heterocycles. The summed E-state index contributed by atoms with van der Waals surface area (Å²) in [5.74, 6) is 1.69. The number of morpholine rings is 1. The van der Waals surface area contributed by atoms with E-state index in [1.807, 2.05) is 18.2 Å². The van der Waals surface area contributed by atoms with E-state index in [0.29, 0.717) is 24.9 Å². The minimum atomic E-state index is 0.0167. The van der Waals surface area contributed by atoms with E-state index in [0.717, 1.165) is 42.7 Å². The number of benzene rings is 1. The lowest BCUT2D eigenvalue weighted by Gasteiger charge is -2.27. The van der Waals surface area contributed by atoms with E-state index in [4.69, 9.17) is 4.74 Å². The van der Waals surface area contributed by atoms with Crippen LogP contribution in [-0.2, 0) is 16.1 Å². The van der Waals surface area contributed by atoms with Gasteiger partial charge in [-0.25, -0.2) is 0 Å².